The molecule has 0 spiro atoms. The van der Waals surface area contributed by atoms with Crippen molar-refractivity contribution in [2.75, 3.05) is 20.3 Å². The van der Waals surface area contributed by atoms with E-state index in [1.165, 1.54) is 19.0 Å². The predicted octanol–water partition coefficient (Wildman–Crippen LogP) is 1.34. The number of benzene rings is 1. The Morgan fingerprint density at radius 2 is 2.10 bits per heavy atom. The van der Waals surface area contributed by atoms with Gasteiger partial charge in [0.1, 0.15) is 0 Å². The summed E-state index contributed by atoms with van der Waals surface area (Å²) in [6, 6.07) is 10.2. The summed E-state index contributed by atoms with van der Waals surface area (Å²) in [7, 11) is 1.42. The van der Waals surface area contributed by atoms with Crippen molar-refractivity contribution >= 4 is 0 Å². The van der Waals surface area contributed by atoms with Crippen LogP contribution in [0.3, 0.4) is 0 Å². The quantitative estimate of drug-likeness (QED) is 0.717. The van der Waals surface area contributed by atoms with Crippen LogP contribution in [0, 0.1) is 0 Å². The van der Waals surface area contributed by atoms with Crippen molar-refractivity contribution in [1.29, 1.82) is 0 Å². The number of aromatic nitrogens is 2. The third-order valence-corrected chi connectivity index (χ3v) is 2.89. The monoisotopic (exact) mass is 289 g/mol. The summed E-state index contributed by atoms with van der Waals surface area (Å²) >= 11 is 0. The van der Waals surface area contributed by atoms with Gasteiger partial charge in [-0.2, -0.15) is 0 Å². The lowest BCUT2D eigenvalue weighted by molar-refractivity contribution is 0.273. The second-order valence-corrected chi connectivity index (χ2v) is 4.43. The molecule has 2 N–H and O–H groups in total. The van der Waals surface area contributed by atoms with Crippen LogP contribution in [0.5, 0.6) is 11.6 Å². The first-order chi connectivity index (χ1) is 10.3. The van der Waals surface area contributed by atoms with Gasteiger partial charge in [-0.05, 0) is 18.5 Å². The molecule has 0 saturated carbocycles. The maximum Gasteiger partial charge on any atom is 0.297 e. The van der Waals surface area contributed by atoms with Crippen LogP contribution in [-0.2, 0) is 6.54 Å². The molecule has 0 saturated heterocycles. The van der Waals surface area contributed by atoms with Crippen LogP contribution >= 0.6 is 0 Å². The van der Waals surface area contributed by atoms with Gasteiger partial charge in [0.05, 0.1) is 20.0 Å². The second-order valence-electron chi connectivity index (χ2n) is 4.43. The normalized spacial score (nSPS) is 10.3. The van der Waals surface area contributed by atoms with Crippen molar-refractivity contribution in [3.63, 3.8) is 0 Å². The molecule has 0 fully saturated rings. The summed E-state index contributed by atoms with van der Waals surface area (Å²) in [5, 5.41) is 3.33. The molecule has 0 radical (unpaired) electrons. The topological polar surface area (TPSA) is 76.2 Å². The minimum Gasteiger partial charge on any atom is -0.487 e. The number of nitrogens with zero attached hydrogens (tertiary/aromatic N) is 1. The largest absolute Gasteiger partial charge is 0.487 e. The van der Waals surface area contributed by atoms with E-state index in [0.29, 0.717) is 6.61 Å². The Bertz CT molecular complexity index is 599. The van der Waals surface area contributed by atoms with E-state index < -0.39 is 0 Å². The van der Waals surface area contributed by atoms with E-state index in [4.69, 9.17) is 9.47 Å². The zero-order valence-electron chi connectivity index (χ0n) is 12.0. The minimum atomic E-state index is -0.343. The van der Waals surface area contributed by atoms with Crippen molar-refractivity contribution in [2.45, 2.75) is 13.0 Å². The summed E-state index contributed by atoms with van der Waals surface area (Å²) in [6.45, 7) is 2.11. The van der Waals surface area contributed by atoms with Crippen molar-refractivity contribution in [1.82, 2.24) is 15.3 Å². The van der Waals surface area contributed by atoms with Crippen LogP contribution < -0.4 is 20.3 Å². The Labute approximate surface area is 123 Å². The number of aromatic amines is 1. The zero-order valence-corrected chi connectivity index (χ0v) is 12.0. The molecule has 0 unspecified atom stereocenters. The second kappa shape index (κ2) is 8.06. The molecule has 0 bridgehead atoms. The summed E-state index contributed by atoms with van der Waals surface area (Å²) in [5.41, 5.74) is 0.904. The fraction of sp³-hybridized carbons (Fsp3) is 0.333. The molecule has 6 nitrogen and oxygen atoms in total. The van der Waals surface area contributed by atoms with E-state index in [9.17, 15) is 4.79 Å². The number of hydrogen-bond acceptors (Lipinski definition) is 5. The van der Waals surface area contributed by atoms with E-state index in [2.05, 4.69) is 27.4 Å². The van der Waals surface area contributed by atoms with Gasteiger partial charge in [-0.1, -0.05) is 30.3 Å². The van der Waals surface area contributed by atoms with Crippen LogP contribution in [-0.4, -0.2) is 30.2 Å². The Balaban J connectivity index is 1.68. The Kier molecular flexibility index (Phi) is 5.78. The highest BCUT2D eigenvalue weighted by molar-refractivity contribution is 5.29. The molecule has 1 aromatic carbocycles. The van der Waals surface area contributed by atoms with Crippen molar-refractivity contribution in [3.05, 3.63) is 52.6 Å². The maximum atomic E-state index is 11.5. The molecule has 21 heavy (non-hydrogen) atoms. The number of methoxy groups -OCH3 is 1. The Morgan fingerprint density at radius 1 is 1.29 bits per heavy atom. The van der Waals surface area contributed by atoms with Gasteiger partial charge in [-0.25, -0.2) is 4.98 Å². The van der Waals surface area contributed by atoms with Crippen molar-refractivity contribution in [2.24, 2.45) is 0 Å². The van der Waals surface area contributed by atoms with Gasteiger partial charge in [0.2, 0.25) is 5.75 Å². The first-order valence-electron chi connectivity index (χ1n) is 6.80. The number of ether oxygens (including phenoxy) is 2. The number of hydrogen-bond donors (Lipinski definition) is 2. The summed E-state index contributed by atoms with van der Waals surface area (Å²) in [6.07, 6.45) is 2.11. The summed E-state index contributed by atoms with van der Waals surface area (Å²) in [5.74, 6) is 0.332. The summed E-state index contributed by atoms with van der Waals surface area (Å²) in [4.78, 5) is 17.8. The predicted molar refractivity (Wildman–Crippen MR) is 79.7 cm³/mol. The zero-order chi connectivity index (χ0) is 14.9. The molecule has 0 aliphatic heterocycles. The third kappa shape index (κ3) is 4.61. The molecular weight excluding hydrogens is 270 g/mol. The number of rotatable bonds is 8. The molecule has 1 heterocycles. The lowest BCUT2D eigenvalue weighted by Crippen LogP contribution is -2.18. The molecule has 2 aromatic rings. The molecule has 2 rings (SSSR count). The Hall–Kier alpha value is -2.34. The third-order valence-electron chi connectivity index (χ3n) is 2.89. The van der Waals surface area contributed by atoms with Crippen LogP contribution in [0.1, 0.15) is 12.0 Å². The lowest BCUT2D eigenvalue weighted by atomic mass is 10.2. The molecule has 0 aliphatic carbocycles. The fourth-order valence-electron chi connectivity index (χ4n) is 1.85. The molecule has 1 aromatic heterocycles. The molecule has 112 valence electrons. The van der Waals surface area contributed by atoms with E-state index in [1.54, 1.807) is 0 Å². The molecule has 6 heteroatoms. The number of nitrogens with one attached hydrogen (secondary N) is 2. The van der Waals surface area contributed by atoms with Gasteiger partial charge >= 0.3 is 0 Å². The van der Waals surface area contributed by atoms with Gasteiger partial charge in [0.15, 0.2) is 0 Å². The molecule has 0 aliphatic rings. The average Bonchev–Trinajstić information content (AvgIpc) is 2.52. The van der Waals surface area contributed by atoms with Crippen LogP contribution in [0.2, 0.25) is 0 Å². The first-order valence-corrected chi connectivity index (χ1v) is 6.80. The van der Waals surface area contributed by atoms with Gasteiger partial charge in [-0.3, -0.25) is 4.79 Å². The van der Waals surface area contributed by atoms with Gasteiger partial charge in [0, 0.05) is 6.54 Å². The average molecular weight is 289 g/mol. The van der Waals surface area contributed by atoms with E-state index >= 15 is 0 Å². The minimum absolute atomic E-state index is 0.106. The van der Waals surface area contributed by atoms with E-state index in [0.717, 1.165) is 19.5 Å². The highest BCUT2D eigenvalue weighted by atomic mass is 16.5. The van der Waals surface area contributed by atoms with Gasteiger partial charge < -0.3 is 19.8 Å². The molecule has 0 atom stereocenters. The highest BCUT2D eigenvalue weighted by Crippen LogP contribution is 2.17. The van der Waals surface area contributed by atoms with E-state index in [1.807, 2.05) is 18.2 Å². The maximum absolute atomic E-state index is 11.5. The Morgan fingerprint density at radius 3 is 2.86 bits per heavy atom. The summed E-state index contributed by atoms with van der Waals surface area (Å²) < 4.78 is 10.4. The molecule has 0 amide bonds. The standard InChI is InChI=1S/C15H19N3O3/c1-20-13-14(19)17-11-18-15(13)21-9-5-8-16-10-12-6-3-2-4-7-12/h2-4,6-7,11,16H,5,8-10H2,1H3,(H,17,18,19). The van der Waals surface area contributed by atoms with Gasteiger partial charge in [-0.15, -0.1) is 0 Å². The van der Waals surface area contributed by atoms with E-state index in [-0.39, 0.29) is 17.2 Å². The van der Waals surface area contributed by atoms with Gasteiger partial charge in [0.25, 0.3) is 11.4 Å². The fourth-order valence-corrected chi connectivity index (χ4v) is 1.85. The smallest absolute Gasteiger partial charge is 0.297 e. The lowest BCUT2D eigenvalue weighted by Gasteiger charge is -2.08. The highest BCUT2D eigenvalue weighted by Gasteiger charge is 2.09. The molecular formula is C15H19N3O3. The van der Waals surface area contributed by atoms with Crippen molar-refractivity contribution in [3.8, 4) is 11.6 Å². The van der Waals surface area contributed by atoms with Crippen LogP contribution in [0.4, 0.5) is 0 Å². The van der Waals surface area contributed by atoms with Crippen LogP contribution in [0.15, 0.2) is 41.5 Å². The first kappa shape index (κ1) is 15.1. The van der Waals surface area contributed by atoms with Crippen molar-refractivity contribution < 1.29 is 9.47 Å². The number of H-pyrrole nitrogens is 1. The van der Waals surface area contributed by atoms with Crippen LogP contribution in [0.25, 0.3) is 0 Å². The SMILES string of the molecule is COc1c(OCCCNCc2ccccc2)nc[nH]c1=O.